The van der Waals surface area contributed by atoms with E-state index >= 15 is 0 Å². The summed E-state index contributed by atoms with van der Waals surface area (Å²) in [6, 6.07) is 7.56. The molecule has 2 aliphatic rings. The van der Waals surface area contributed by atoms with Gasteiger partial charge in [0.25, 0.3) is 0 Å². The van der Waals surface area contributed by atoms with Gasteiger partial charge in [-0.2, -0.15) is 5.10 Å². The minimum absolute atomic E-state index is 0.577. The fraction of sp³-hybridized carbons (Fsp3) is 0.412. The van der Waals surface area contributed by atoms with Crippen molar-refractivity contribution in [2.45, 2.75) is 44.1 Å². The van der Waals surface area contributed by atoms with Gasteiger partial charge in [0.1, 0.15) is 11.5 Å². The molecule has 2 aliphatic carbocycles. The monoisotopic (exact) mass is 340 g/mol. The third-order valence-corrected chi connectivity index (χ3v) is 4.80. The van der Waals surface area contributed by atoms with E-state index in [1.807, 2.05) is 35.1 Å². The number of hydrogen-bond donors (Lipinski definition) is 0. The summed E-state index contributed by atoms with van der Waals surface area (Å²) in [4.78, 5) is 4.79. The van der Waals surface area contributed by atoms with Crippen LogP contribution >= 0.6 is 11.6 Å². The molecule has 2 fully saturated rings. The van der Waals surface area contributed by atoms with Gasteiger partial charge in [0, 0.05) is 16.9 Å². The Morgan fingerprint density at radius 2 is 1.79 bits per heavy atom. The van der Waals surface area contributed by atoms with Crippen LogP contribution in [0, 0.1) is 0 Å². The lowest BCUT2D eigenvalue weighted by Crippen LogP contribution is -2.06. The van der Waals surface area contributed by atoms with Gasteiger partial charge in [0.05, 0.1) is 18.4 Å². The zero-order chi connectivity index (χ0) is 16.1. The first-order chi connectivity index (χ1) is 11.8. The first kappa shape index (κ1) is 14.2. The molecule has 7 heteroatoms. The molecular weight excluding hydrogens is 324 g/mol. The second kappa shape index (κ2) is 5.41. The van der Waals surface area contributed by atoms with Crippen LogP contribution in [0.25, 0.3) is 5.69 Å². The molecule has 0 saturated heterocycles. The van der Waals surface area contributed by atoms with Crippen molar-refractivity contribution in [2.75, 3.05) is 0 Å². The highest BCUT2D eigenvalue weighted by Crippen LogP contribution is 2.42. The van der Waals surface area contributed by atoms with Crippen LogP contribution in [0.2, 0.25) is 5.02 Å². The highest BCUT2D eigenvalue weighted by atomic mass is 35.5. The second-order valence-corrected chi connectivity index (χ2v) is 7.10. The van der Waals surface area contributed by atoms with E-state index < -0.39 is 0 Å². The molecule has 1 aromatic carbocycles. The Hall–Kier alpha value is -2.21. The first-order valence-corrected chi connectivity index (χ1v) is 8.76. The second-order valence-electron chi connectivity index (χ2n) is 6.67. The third-order valence-electron chi connectivity index (χ3n) is 4.55. The number of hydrogen-bond acceptors (Lipinski definition) is 4. The Bertz CT molecular complexity index is 873. The molecule has 0 amide bonds. The van der Waals surface area contributed by atoms with Crippen LogP contribution in [-0.2, 0) is 6.54 Å². The molecule has 122 valence electrons. The van der Waals surface area contributed by atoms with E-state index in [9.17, 15) is 0 Å². The van der Waals surface area contributed by atoms with E-state index in [1.54, 1.807) is 4.68 Å². The molecule has 0 atom stereocenters. The lowest BCUT2D eigenvalue weighted by atomic mass is 10.3. The molecular formula is C17H17ClN6. The van der Waals surface area contributed by atoms with E-state index in [0.717, 1.165) is 23.0 Å². The van der Waals surface area contributed by atoms with E-state index in [0.29, 0.717) is 23.4 Å². The minimum Gasteiger partial charge on any atom is -0.243 e. The largest absolute Gasteiger partial charge is 0.243 e. The standard InChI is InChI=1S/C17H17ClN6/c18-13-5-7-15(8-6-13)23-9-14(20-22-23)10-24-17(12-3-4-12)19-16(21-24)11-1-2-11/h5-9,11-12H,1-4,10H2. The molecule has 0 spiro atoms. The highest BCUT2D eigenvalue weighted by Gasteiger charge is 2.34. The Balaban J connectivity index is 1.41. The number of rotatable bonds is 5. The van der Waals surface area contributed by atoms with Crippen LogP contribution in [0.15, 0.2) is 30.5 Å². The Kier molecular flexibility index (Phi) is 3.19. The Morgan fingerprint density at radius 3 is 2.50 bits per heavy atom. The van der Waals surface area contributed by atoms with Crippen molar-refractivity contribution in [2.24, 2.45) is 0 Å². The van der Waals surface area contributed by atoms with Gasteiger partial charge in [-0.1, -0.05) is 16.8 Å². The van der Waals surface area contributed by atoms with Crippen molar-refractivity contribution >= 4 is 11.6 Å². The summed E-state index contributed by atoms with van der Waals surface area (Å²) in [5.74, 6) is 3.30. The maximum atomic E-state index is 5.93. The summed E-state index contributed by atoms with van der Waals surface area (Å²) in [6.07, 6.45) is 6.83. The number of benzene rings is 1. The average molecular weight is 341 g/mol. The van der Waals surface area contributed by atoms with Gasteiger partial charge in [-0.3, -0.25) is 0 Å². The minimum atomic E-state index is 0.577. The molecule has 0 N–H and O–H groups in total. The first-order valence-electron chi connectivity index (χ1n) is 8.38. The molecule has 3 aromatic rings. The smallest absolute Gasteiger partial charge is 0.154 e. The van der Waals surface area contributed by atoms with Crippen LogP contribution < -0.4 is 0 Å². The maximum Gasteiger partial charge on any atom is 0.154 e. The van der Waals surface area contributed by atoms with Gasteiger partial charge in [-0.15, -0.1) is 5.10 Å². The number of nitrogens with zero attached hydrogens (tertiary/aromatic N) is 6. The van der Waals surface area contributed by atoms with Gasteiger partial charge in [-0.25, -0.2) is 14.3 Å². The summed E-state index contributed by atoms with van der Waals surface area (Å²) >= 11 is 5.93. The van der Waals surface area contributed by atoms with Gasteiger partial charge in [0.2, 0.25) is 0 Å². The summed E-state index contributed by atoms with van der Waals surface area (Å²) in [6.45, 7) is 0.624. The molecule has 0 radical (unpaired) electrons. The third kappa shape index (κ3) is 2.71. The topological polar surface area (TPSA) is 61.4 Å². The summed E-state index contributed by atoms with van der Waals surface area (Å²) in [7, 11) is 0. The molecule has 0 unspecified atom stereocenters. The van der Waals surface area contributed by atoms with Crippen LogP contribution in [0.4, 0.5) is 0 Å². The molecule has 6 nitrogen and oxygen atoms in total. The van der Waals surface area contributed by atoms with Crippen LogP contribution in [0.5, 0.6) is 0 Å². The summed E-state index contributed by atoms with van der Waals surface area (Å²) < 4.78 is 3.79. The fourth-order valence-electron chi connectivity index (χ4n) is 2.89. The van der Waals surface area contributed by atoms with Crippen LogP contribution in [0.3, 0.4) is 0 Å². The van der Waals surface area contributed by atoms with Crippen LogP contribution in [-0.4, -0.2) is 29.8 Å². The van der Waals surface area contributed by atoms with Gasteiger partial charge >= 0.3 is 0 Å². The fourth-order valence-corrected chi connectivity index (χ4v) is 3.02. The molecule has 2 saturated carbocycles. The summed E-state index contributed by atoms with van der Waals surface area (Å²) in [5.41, 5.74) is 1.83. The molecule has 0 aliphatic heterocycles. The zero-order valence-electron chi connectivity index (χ0n) is 13.1. The zero-order valence-corrected chi connectivity index (χ0v) is 13.9. The lowest BCUT2D eigenvalue weighted by molar-refractivity contribution is 0.621. The molecule has 2 aromatic heterocycles. The maximum absolute atomic E-state index is 5.93. The van der Waals surface area contributed by atoms with E-state index in [4.69, 9.17) is 21.7 Å². The van der Waals surface area contributed by atoms with Crippen molar-refractivity contribution in [1.29, 1.82) is 0 Å². The van der Waals surface area contributed by atoms with E-state index in [-0.39, 0.29) is 0 Å². The van der Waals surface area contributed by atoms with Crippen LogP contribution in [0.1, 0.15) is 54.9 Å². The number of aromatic nitrogens is 6. The van der Waals surface area contributed by atoms with E-state index in [2.05, 4.69) is 10.3 Å². The van der Waals surface area contributed by atoms with Crippen molar-refractivity contribution in [3.8, 4) is 5.69 Å². The van der Waals surface area contributed by atoms with Gasteiger partial charge < -0.3 is 0 Å². The normalized spacial score (nSPS) is 17.4. The van der Waals surface area contributed by atoms with Crippen molar-refractivity contribution in [3.63, 3.8) is 0 Å². The van der Waals surface area contributed by atoms with Gasteiger partial charge in [-0.05, 0) is 49.9 Å². The SMILES string of the molecule is Clc1ccc(-n2cc(Cn3nc(C4CC4)nc3C3CC3)nn2)cc1. The lowest BCUT2D eigenvalue weighted by Gasteiger charge is -2.02. The molecule has 0 bridgehead atoms. The van der Waals surface area contributed by atoms with Crippen molar-refractivity contribution in [1.82, 2.24) is 29.8 Å². The predicted octanol–water partition coefficient (Wildman–Crippen LogP) is 3.32. The molecule has 2 heterocycles. The average Bonchev–Trinajstić information content (AvgIpc) is 3.52. The molecule has 24 heavy (non-hydrogen) atoms. The van der Waals surface area contributed by atoms with Crippen molar-refractivity contribution < 1.29 is 0 Å². The van der Waals surface area contributed by atoms with Gasteiger partial charge in [0.15, 0.2) is 5.82 Å². The summed E-state index contributed by atoms with van der Waals surface area (Å²) in [5, 5.41) is 14.0. The Labute approximate surface area is 144 Å². The van der Waals surface area contributed by atoms with E-state index in [1.165, 1.54) is 25.7 Å². The number of halogens is 1. The highest BCUT2D eigenvalue weighted by molar-refractivity contribution is 6.30. The quantitative estimate of drug-likeness (QED) is 0.715. The predicted molar refractivity (Wildman–Crippen MR) is 89.4 cm³/mol. The Morgan fingerprint density at radius 1 is 1.04 bits per heavy atom. The van der Waals surface area contributed by atoms with Crippen molar-refractivity contribution in [3.05, 3.63) is 52.8 Å². The molecule has 5 rings (SSSR count).